The molecule has 0 fully saturated rings. The molecule has 1 N–H and O–H groups in total. The second kappa shape index (κ2) is 5.96. The van der Waals surface area contributed by atoms with E-state index in [0.29, 0.717) is 18.8 Å². The van der Waals surface area contributed by atoms with Gasteiger partial charge < -0.3 is 9.84 Å². The first-order valence-electron chi connectivity index (χ1n) is 6.67. The second-order valence-electron chi connectivity index (χ2n) is 4.74. The van der Waals surface area contributed by atoms with Crippen molar-refractivity contribution < 1.29 is 9.84 Å². The zero-order valence-corrected chi connectivity index (χ0v) is 12.0. The fraction of sp³-hybridized carbons (Fsp3) is 0.400. The van der Waals surface area contributed by atoms with Gasteiger partial charge in [0, 0.05) is 24.5 Å². The molecule has 1 heterocycles. The molecule has 0 saturated carbocycles. The zero-order chi connectivity index (χ0) is 14.7. The minimum Gasteiger partial charge on any atom is -0.496 e. The van der Waals surface area contributed by atoms with E-state index in [1.54, 1.807) is 35.6 Å². The molecule has 1 atom stereocenters. The maximum atomic E-state index is 12.1. The Balaban J connectivity index is 2.38. The topological polar surface area (TPSA) is 56.4 Å². The Morgan fingerprint density at radius 2 is 2.00 bits per heavy atom. The highest BCUT2D eigenvalue weighted by Gasteiger charge is 2.10. The standard InChI is InChI=1S/C15H20N2O3/c1-4-16-7-8-17(15(16)19)10-13-9-12(11(2)18)5-6-14(13)20-3/h5-9,11,18H,4,10H2,1-3H3. The summed E-state index contributed by atoms with van der Waals surface area (Å²) < 4.78 is 8.60. The van der Waals surface area contributed by atoms with Gasteiger partial charge in [-0.05, 0) is 31.5 Å². The molecule has 0 bridgehead atoms. The maximum absolute atomic E-state index is 12.1. The molecule has 0 aliphatic rings. The van der Waals surface area contributed by atoms with E-state index in [9.17, 15) is 9.90 Å². The van der Waals surface area contributed by atoms with Crippen LogP contribution in [0, 0.1) is 0 Å². The molecule has 1 aromatic carbocycles. The molecular weight excluding hydrogens is 256 g/mol. The van der Waals surface area contributed by atoms with Gasteiger partial charge in [-0.1, -0.05) is 6.07 Å². The van der Waals surface area contributed by atoms with Gasteiger partial charge in [-0.2, -0.15) is 0 Å². The van der Waals surface area contributed by atoms with Crippen molar-refractivity contribution in [1.29, 1.82) is 0 Å². The normalized spacial score (nSPS) is 12.4. The van der Waals surface area contributed by atoms with Crippen LogP contribution in [0.25, 0.3) is 0 Å². The van der Waals surface area contributed by atoms with Crippen LogP contribution in [0.4, 0.5) is 0 Å². The number of nitrogens with zero attached hydrogens (tertiary/aromatic N) is 2. The van der Waals surface area contributed by atoms with E-state index >= 15 is 0 Å². The Bertz CT molecular complexity index is 641. The van der Waals surface area contributed by atoms with E-state index in [2.05, 4.69) is 0 Å². The van der Waals surface area contributed by atoms with Crippen molar-refractivity contribution in [3.8, 4) is 5.75 Å². The number of benzene rings is 1. The van der Waals surface area contributed by atoms with E-state index in [1.807, 2.05) is 25.1 Å². The third-order valence-electron chi connectivity index (χ3n) is 3.39. The fourth-order valence-corrected chi connectivity index (χ4v) is 2.18. The molecule has 1 aromatic heterocycles. The van der Waals surface area contributed by atoms with Crippen molar-refractivity contribution in [2.75, 3.05) is 7.11 Å². The van der Waals surface area contributed by atoms with Crippen molar-refractivity contribution in [3.05, 3.63) is 52.2 Å². The van der Waals surface area contributed by atoms with E-state index in [0.717, 1.165) is 11.1 Å². The van der Waals surface area contributed by atoms with Crippen molar-refractivity contribution in [1.82, 2.24) is 9.13 Å². The molecule has 0 aliphatic heterocycles. The van der Waals surface area contributed by atoms with Crippen molar-refractivity contribution in [2.24, 2.45) is 0 Å². The summed E-state index contributed by atoms with van der Waals surface area (Å²) in [6.07, 6.45) is 2.99. The van der Waals surface area contributed by atoms with Crippen molar-refractivity contribution >= 4 is 0 Å². The lowest BCUT2D eigenvalue weighted by atomic mass is 10.1. The van der Waals surface area contributed by atoms with Gasteiger partial charge in [0.15, 0.2) is 0 Å². The lowest BCUT2D eigenvalue weighted by Gasteiger charge is -2.12. The third kappa shape index (κ3) is 2.77. The van der Waals surface area contributed by atoms with Crippen LogP contribution < -0.4 is 10.4 Å². The number of imidazole rings is 1. The number of hydrogen-bond acceptors (Lipinski definition) is 3. The highest BCUT2D eigenvalue weighted by Crippen LogP contribution is 2.23. The fourth-order valence-electron chi connectivity index (χ4n) is 2.18. The summed E-state index contributed by atoms with van der Waals surface area (Å²) in [6, 6.07) is 5.52. The summed E-state index contributed by atoms with van der Waals surface area (Å²) in [5, 5.41) is 9.66. The number of ether oxygens (including phenoxy) is 1. The first-order valence-corrected chi connectivity index (χ1v) is 6.67. The van der Waals surface area contributed by atoms with Gasteiger partial charge in [-0.25, -0.2) is 4.79 Å². The molecule has 0 spiro atoms. The Morgan fingerprint density at radius 1 is 1.30 bits per heavy atom. The smallest absolute Gasteiger partial charge is 0.328 e. The lowest BCUT2D eigenvalue weighted by Crippen LogP contribution is -2.24. The predicted molar refractivity (Wildman–Crippen MR) is 77.1 cm³/mol. The lowest BCUT2D eigenvalue weighted by molar-refractivity contribution is 0.199. The van der Waals surface area contributed by atoms with Crippen LogP contribution in [0.3, 0.4) is 0 Å². The van der Waals surface area contributed by atoms with Gasteiger partial charge in [0.2, 0.25) is 0 Å². The Hall–Kier alpha value is -2.01. The highest BCUT2D eigenvalue weighted by atomic mass is 16.5. The molecule has 5 heteroatoms. The van der Waals surface area contributed by atoms with Crippen LogP contribution >= 0.6 is 0 Å². The van der Waals surface area contributed by atoms with Crippen LogP contribution in [0.15, 0.2) is 35.4 Å². The van der Waals surface area contributed by atoms with Crippen LogP contribution in [0.2, 0.25) is 0 Å². The summed E-state index contributed by atoms with van der Waals surface area (Å²) >= 11 is 0. The largest absolute Gasteiger partial charge is 0.496 e. The van der Waals surface area contributed by atoms with E-state index in [-0.39, 0.29) is 5.69 Å². The minimum absolute atomic E-state index is 0.0444. The average molecular weight is 276 g/mol. The molecule has 20 heavy (non-hydrogen) atoms. The van der Waals surface area contributed by atoms with Gasteiger partial charge >= 0.3 is 5.69 Å². The average Bonchev–Trinajstić information content (AvgIpc) is 2.79. The Labute approximate surface area is 118 Å². The molecular formula is C15H20N2O3. The van der Waals surface area contributed by atoms with Gasteiger partial charge in [-0.15, -0.1) is 0 Å². The molecule has 0 radical (unpaired) electrons. The Kier molecular flexibility index (Phi) is 4.29. The quantitative estimate of drug-likeness (QED) is 0.905. The van der Waals surface area contributed by atoms with Crippen molar-refractivity contribution in [3.63, 3.8) is 0 Å². The van der Waals surface area contributed by atoms with Crippen LogP contribution in [-0.2, 0) is 13.1 Å². The third-order valence-corrected chi connectivity index (χ3v) is 3.39. The summed E-state index contributed by atoms with van der Waals surface area (Å²) in [5.74, 6) is 0.713. The summed E-state index contributed by atoms with van der Waals surface area (Å²) in [4.78, 5) is 12.1. The number of aromatic nitrogens is 2. The number of aliphatic hydroxyl groups excluding tert-OH is 1. The molecule has 0 amide bonds. The monoisotopic (exact) mass is 276 g/mol. The maximum Gasteiger partial charge on any atom is 0.328 e. The first-order chi connectivity index (χ1) is 9.56. The number of rotatable bonds is 5. The molecule has 0 saturated heterocycles. The zero-order valence-electron chi connectivity index (χ0n) is 12.0. The van der Waals surface area contributed by atoms with Gasteiger partial charge in [0.1, 0.15) is 5.75 Å². The molecule has 5 nitrogen and oxygen atoms in total. The van der Waals surface area contributed by atoms with Crippen LogP contribution in [0.1, 0.15) is 31.1 Å². The minimum atomic E-state index is -0.545. The number of methoxy groups -OCH3 is 1. The highest BCUT2D eigenvalue weighted by molar-refractivity contribution is 5.38. The first kappa shape index (κ1) is 14.4. The van der Waals surface area contributed by atoms with E-state index in [1.165, 1.54) is 0 Å². The van der Waals surface area contributed by atoms with E-state index in [4.69, 9.17) is 4.74 Å². The predicted octanol–water partition coefficient (Wildman–Crippen LogP) is 1.78. The number of aliphatic hydroxyl groups is 1. The number of aryl methyl sites for hydroxylation is 1. The SMILES string of the molecule is CCn1ccn(Cc2cc(C(C)O)ccc2OC)c1=O. The van der Waals surface area contributed by atoms with Gasteiger partial charge in [-0.3, -0.25) is 9.13 Å². The second-order valence-corrected chi connectivity index (χ2v) is 4.74. The number of hydrogen-bond donors (Lipinski definition) is 1. The molecule has 2 rings (SSSR count). The molecule has 2 aromatic rings. The van der Waals surface area contributed by atoms with Crippen LogP contribution in [-0.4, -0.2) is 21.4 Å². The van der Waals surface area contributed by atoms with Gasteiger partial charge in [0.25, 0.3) is 0 Å². The molecule has 108 valence electrons. The molecule has 0 aliphatic carbocycles. The van der Waals surface area contributed by atoms with E-state index < -0.39 is 6.10 Å². The Morgan fingerprint density at radius 3 is 2.55 bits per heavy atom. The van der Waals surface area contributed by atoms with Gasteiger partial charge in [0.05, 0.1) is 19.8 Å². The summed E-state index contributed by atoms with van der Waals surface area (Å²) in [5.41, 5.74) is 1.64. The summed E-state index contributed by atoms with van der Waals surface area (Å²) in [6.45, 7) is 4.72. The summed E-state index contributed by atoms with van der Waals surface area (Å²) in [7, 11) is 1.60. The molecule has 1 unspecified atom stereocenters. The van der Waals surface area contributed by atoms with Crippen molar-refractivity contribution in [2.45, 2.75) is 33.0 Å². The van der Waals surface area contributed by atoms with Crippen LogP contribution in [0.5, 0.6) is 5.75 Å².